The van der Waals surface area contributed by atoms with Gasteiger partial charge in [0.15, 0.2) is 5.69 Å². The van der Waals surface area contributed by atoms with Crippen molar-refractivity contribution in [1.82, 2.24) is 19.7 Å². The standard InChI is InChI=1S/C23H21N5O2/c1-15-6-5-7-16(2)19(15)27-22(29)20-18-8-3-4-13-28(18)21(26-20)23(30)25-14-17-9-11-24-12-10-17/h3-13H,14H2,1-2H3,(H,25,30)(H,27,29). The third kappa shape index (κ3) is 3.77. The summed E-state index contributed by atoms with van der Waals surface area (Å²) in [7, 11) is 0. The van der Waals surface area contributed by atoms with Crippen LogP contribution >= 0.6 is 0 Å². The van der Waals surface area contributed by atoms with Crippen LogP contribution in [0.4, 0.5) is 5.69 Å². The Kier molecular flexibility index (Phi) is 5.26. The van der Waals surface area contributed by atoms with Crippen LogP contribution in [-0.2, 0) is 6.54 Å². The van der Waals surface area contributed by atoms with Gasteiger partial charge < -0.3 is 10.6 Å². The van der Waals surface area contributed by atoms with Gasteiger partial charge in [-0.1, -0.05) is 24.3 Å². The maximum atomic E-state index is 13.0. The Morgan fingerprint density at radius 1 is 0.933 bits per heavy atom. The maximum Gasteiger partial charge on any atom is 0.287 e. The fourth-order valence-electron chi connectivity index (χ4n) is 3.31. The molecule has 0 spiro atoms. The summed E-state index contributed by atoms with van der Waals surface area (Å²) < 4.78 is 1.63. The van der Waals surface area contributed by atoms with Crippen molar-refractivity contribution in [2.75, 3.05) is 5.32 Å². The molecule has 0 saturated carbocycles. The topological polar surface area (TPSA) is 88.4 Å². The van der Waals surface area contributed by atoms with E-state index in [2.05, 4.69) is 20.6 Å². The molecule has 0 atom stereocenters. The van der Waals surface area contributed by atoms with Gasteiger partial charge in [-0.15, -0.1) is 0 Å². The molecule has 3 heterocycles. The van der Waals surface area contributed by atoms with Crippen molar-refractivity contribution in [3.63, 3.8) is 0 Å². The number of nitrogens with zero attached hydrogens (tertiary/aromatic N) is 3. The first-order valence-electron chi connectivity index (χ1n) is 9.56. The van der Waals surface area contributed by atoms with Gasteiger partial charge in [0.2, 0.25) is 5.82 Å². The zero-order valence-electron chi connectivity index (χ0n) is 16.7. The molecule has 0 aliphatic heterocycles. The minimum Gasteiger partial charge on any atom is -0.345 e. The molecule has 2 amide bonds. The number of benzene rings is 1. The third-order valence-corrected chi connectivity index (χ3v) is 4.89. The van der Waals surface area contributed by atoms with Gasteiger partial charge in [-0.2, -0.15) is 0 Å². The highest BCUT2D eigenvalue weighted by molar-refractivity contribution is 6.09. The highest BCUT2D eigenvalue weighted by atomic mass is 16.2. The van der Waals surface area contributed by atoms with Crippen molar-refractivity contribution >= 4 is 23.0 Å². The smallest absolute Gasteiger partial charge is 0.287 e. The Hall–Kier alpha value is -4.00. The van der Waals surface area contributed by atoms with Crippen LogP contribution in [0, 0.1) is 13.8 Å². The van der Waals surface area contributed by atoms with E-state index in [1.54, 1.807) is 35.1 Å². The van der Waals surface area contributed by atoms with Crippen LogP contribution in [0.2, 0.25) is 0 Å². The summed E-state index contributed by atoms with van der Waals surface area (Å²) in [6.45, 7) is 4.21. The molecule has 2 N–H and O–H groups in total. The minimum atomic E-state index is -0.362. The molecule has 0 radical (unpaired) electrons. The number of nitrogens with one attached hydrogen (secondary N) is 2. The number of aryl methyl sites for hydroxylation is 2. The van der Waals surface area contributed by atoms with Crippen molar-refractivity contribution in [3.05, 3.63) is 95.3 Å². The van der Waals surface area contributed by atoms with E-state index < -0.39 is 0 Å². The van der Waals surface area contributed by atoms with Crippen LogP contribution < -0.4 is 10.6 Å². The second kappa shape index (κ2) is 8.16. The number of pyridine rings is 2. The highest BCUT2D eigenvalue weighted by Crippen LogP contribution is 2.21. The molecule has 3 aromatic heterocycles. The average Bonchev–Trinajstić information content (AvgIpc) is 3.15. The zero-order valence-corrected chi connectivity index (χ0v) is 16.7. The molecule has 0 aliphatic rings. The molecule has 0 fully saturated rings. The quantitative estimate of drug-likeness (QED) is 0.537. The summed E-state index contributed by atoms with van der Waals surface area (Å²) in [5.41, 5.74) is 4.36. The predicted octanol–water partition coefficient (Wildman–Crippen LogP) is 3.53. The highest BCUT2D eigenvalue weighted by Gasteiger charge is 2.22. The number of carbonyl (C=O) groups excluding carboxylic acids is 2. The van der Waals surface area contributed by atoms with Crippen LogP contribution in [0.5, 0.6) is 0 Å². The van der Waals surface area contributed by atoms with Gasteiger partial charge in [0.25, 0.3) is 11.8 Å². The summed E-state index contributed by atoms with van der Waals surface area (Å²) in [5, 5.41) is 5.79. The lowest BCUT2D eigenvalue weighted by Gasteiger charge is -2.10. The number of carbonyl (C=O) groups is 2. The number of rotatable bonds is 5. The van der Waals surface area contributed by atoms with Gasteiger partial charge >= 0.3 is 0 Å². The van der Waals surface area contributed by atoms with E-state index in [-0.39, 0.29) is 23.3 Å². The molecule has 30 heavy (non-hydrogen) atoms. The average molecular weight is 399 g/mol. The predicted molar refractivity (Wildman–Crippen MR) is 114 cm³/mol. The molecule has 0 aliphatic carbocycles. The Bertz CT molecular complexity index is 1210. The molecule has 4 aromatic rings. The summed E-state index contributed by atoms with van der Waals surface area (Å²) in [6, 6.07) is 14.8. The number of imidazole rings is 1. The molecular formula is C23H21N5O2. The van der Waals surface area contributed by atoms with Gasteiger partial charge in [-0.25, -0.2) is 4.98 Å². The Morgan fingerprint density at radius 2 is 1.67 bits per heavy atom. The second-order valence-corrected chi connectivity index (χ2v) is 7.00. The Morgan fingerprint density at radius 3 is 2.40 bits per heavy atom. The van der Waals surface area contributed by atoms with Crippen LogP contribution in [0.1, 0.15) is 37.8 Å². The monoisotopic (exact) mass is 399 g/mol. The molecule has 1 aromatic carbocycles. The molecule has 7 nitrogen and oxygen atoms in total. The van der Waals surface area contributed by atoms with Crippen LogP contribution in [0.3, 0.4) is 0 Å². The van der Waals surface area contributed by atoms with Crippen LogP contribution in [0.25, 0.3) is 5.52 Å². The second-order valence-electron chi connectivity index (χ2n) is 7.00. The van der Waals surface area contributed by atoms with Crippen molar-refractivity contribution in [1.29, 1.82) is 0 Å². The van der Waals surface area contributed by atoms with Gasteiger partial charge in [-0.3, -0.25) is 19.0 Å². The Labute approximate surface area is 173 Å². The van der Waals surface area contributed by atoms with Crippen LogP contribution in [0.15, 0.2) is 67.1 Å². The summed E-state index contributed by atoms with van der Waals surface area (Å²) in [4.78, 5) is 34.2. The first kappa shape index (κ1) is 19.3. The minimum absolute atomic E-state index is 0.159. The molecule has 7 heteroatoms. The molecule has 4 rings (SSSR count). The maximum absolute atomic E-state index is 13.0. The Balaban J connectivity index is 1.63. The van der Waals surface area contributed by atoms with Gasteiger partial charge in [0.1, 0.15) is 0 Å². The van der Waals surface area contributed by atoms with Gasteiger partial charge in [0.05, 0.1) is 5.52 Å². The van der Waals surface area contributed by atoms with Gasteiger partial charge in [-0.05, 0) is 54.8 Å². The van der Waals surface area contributed by atoms with Crippen LogP contribution in [-0.4, -0.2) is 26.2 Å². The van der Waals surface area contributed by atoms with E-state index in [1.165, 1.54) is 0 Å². The number of hydrogen-bond donors (Lipinski definition) is 2. The number of aromatic nitrogens is 3. The fourth-order valence-corrected chi connectivity index (χ4v) is 3.31. The number of amides is 2. The van der Waals surface area contributed by atoms with E-state index in [4.69, 9.17) is 0 Å². The van der Waals surface area contributed by atoms with Crippen molar-refractivity contribution in [2.45, 2.75) is 20.4 Å². The summed E-state index contributed by atoms with van der Waals surface area (Å²) in [5.74, 6) is -0.560. The summed E-state index contributed by atoms with van der Waals surface area (Å²) >= 11 is 0. The molecule has 150 valence electrons. The van der Waals surface area contributed by atoms with E-state index in [1.807, 2.05) is 50.2 Å². The first-order valence-corrected chi connectivity index (χ1v) is 9.56. The normalized spacial score (nSPS) is 10.7. The van der Waals surface area contributed by atoms with E-state index >= 15 is 0 Å². The lowest BCUT2D eigenvalue weighted by Crippen LogP contribution is -2.25. The fraction of sp³-hybridized carbons (Fsp3) is 0.130. The summed E-state index contributed by atoms with van der Waals surface area (Å²) in [6.07, 6.45) is 5.06. The lowest BCUT2D eigenvalue weighted by molar-refractivity contribution is 0.0940. The number of fused-ring (bicyclic) bond motifs is 1. The largest absolute Gasteiger partial charge is 0.345 e. The molecule has 0 saturated heterocycles. The van der Waals surface area contributed by atoms with E-state index in [0.717, 1.165) is 22.4 Å². The molecule has 0 unspecified atom stereocenters. The third-order valence-electron chi connectivity index (χ3n) is 4.89. The van der Waals surface area contributed by atoms with E-state index in [0.29, 0.717) is 12.1 Å². The zero-order chi connectivity index (χ0) is 21.1. The van der Waals surface area contributed by atoms with Crippen molar-refractivity contribution in [3.8, 4) is 0 Å². The molecular weight excluding hydrogens is 378 g/mol. The van der Waals surface area contributed by atoms with Crippen molar-refractivity contribution in [2.24, 2.45) is 0 Å². The number of hydrogen-bond acceptors (Lipinski definition) is 4. The SMILES string of the molecule is Cc1cccc(C)c1NC(=O)c1nc(C(=O)NCc2ccncc2)n2ccccc12. The first-order chi connectivity index (χ1) is 14.5. The van der Waals surface area contributed by atoms with Crippen molar-refractivity contribution < 1.29 is 9.59 Å². The van der Waals surface area contributed by atoms with E-state index in [9.17, 15) is 9.59 Å². The van der Waals surface area contributed by atoms with Gasteiger partial charge in [0, 0.05) is 30.8 Å². The molecule has 0 bridgehead atoms. The lowest BCUT2D eigenvalue weighted by atomic mass is 10.1. The number of para-hydroxylation sites is 1. The number of anilines is 1.